The lowest BCUT2D eigenvalue weighted by Gasteiger charge is -2.49. The lowest BCUT2D eigenvalue weighted by atomic mass is 9.58. The van der Waals surface area contributed by atoms with E-state index in [0.29, 0.717) is 0 Å². The Morgan fingerprint density at radius 3 is 2.81 bits per heavy atom. The van der Waals surface area contributed by atoms with E-state index < -0.39 is 0 Å². The summed E-state index contributed by atoms with van der Waals surface area (Å²) in [6.07, 6.45) is 3.73. The molecule has 2 aliphatic carbocycles. The average molecular weight is 292 g/mol. The van der Waals surface area contributed by atoms with Crippen LogP contribution in [-0.4, -0.2) is 24.1 Å². The molecule has 0 spiro atoms. The smallest absolute Gasteiger partial charge is 0.309 e. The van der Waals surface area contributed by atoms with Crippen LogP contribution in [0.15, 0.2) is 11.1 Å². The van der Waals surface area contributed by atoms with Gasteiger partial charge in [-0.3, -0.25) is 9.59 Å². The van der Waals surface area contributed by atoms with Gasteiger partial charge in [0.2, 0.25) is 0 Å². The Labute approximate surface area is 125 Å². The van der Waals surface area contributed by atoms with Crippen LogP contribution in [0.1, 0.15) is 53.4 Å². The maximum absolute atomic E-state index is 12.0. The molecule has 5 atom stereocenters. The first-order valence-electron chi connectivity index (χ1n) is 7.91. The summed E-state index contributed by atoms with van der Waals surface area (Å²) in [5, 5.41) is 0. The molecule has 0 unspecified atom stereocenters. The van der Waals surface area contributed by atoms with Crippen LogP contribution in [0.5, 0.6) is 0 Å². The van der Waals surface area contributed by atoms with Crippen molar-refractivity contribution in [1.29, 1.82) is 0 Å². The molecule has 4 heteroatoms. The Morgan fingerprint density at radius 1 is 1.43 bits per heavy atom. The van der Waals surface area contributed by atoms with Crippen LogP contribution in [-0.2, 0) is 19.1 Å². The molecule has 3 aliphatic rings. The largest absolute Gasteiger partial charge is 0.462 e. The molecule has 2 fully saturated rings. The SMILES string of the molecule is CC(=O)O[C@H]1C2=C(C)CCC[C@@]2(C)C[C@H]2OC(=O)[C@@H](C)[C@@H]21. The third kappa shape index (κ3) is 2.19. The third-order valence-corrected chi connectivity index (χ3v) is 5.62. The van der Waals surface area contributed by atoms with Gasteiger partial charge in [-0.2, -0.15) is 0 Å². The molecule has 1 aliphatic heterocycles. The number of esters is 2. The summed E-state index contributed by atoms with van der Waals surface area (Å²) in [6.45, 7) is 7.72. The van der Waals surface area contributed by atoms with E-state index in [-0.39, 0.29) is 41.4 Å². The summed E-state index contributed by atoms with van der Waals surface area (Å²) in [5.41, 5.74) is 2.59. The van der Waals surface area contributed by atoms with Crippen LogP contribution >= 0.6 is 0 Å². The van der Waals surface area contributed by atoms with Crippen molar-refractivity contribution in [2.24, 2.45) is 17.3 Å². The number of rotatable bonds is 1. The first-order valence-corrected chi connectivity index (χ1v) is 7.91. The Balaban J connectivity index is 2.07. The van der Waals surface area contributed by atoms with E-state index in [1.807, 2.05) is 6.92 Å². The van der Waals surface area contributed by atoms with Crippen LogP contribution < -0.4 is 0 Å². The molecule has 4 nitrogen and oxygen atoms in total. The van der Waals surface area contributed by atoms with Crippen molar-refractivity contribution in [1.82, 2.24) is 0 Å². The first kappa shape index (κ1) is 14.6. The highest BCUT2D eigenvalue weighted by atomic mass is 16.6. The van der Waals surface area contributed by atoms with Crippen molar-refractivity contribution in [3.63, 3.8) is 0 Å². The monoisotopic (exact) mass is 292 g/mol. The zero-order valence-electron chi connectivity index (χ0n) is 13.3. The first-order chi connectivity index (χ1) is 9.83. The molecule has 116 valence electrons. The molecule has 0 bridgehead atoms. The molecule has 0 radical (unpaired) electrons. The quantitative estimate of drug-likeness (QED) is 0.550. The summed E-state index contributed by atoms with van der Waals surface area (Å²) in [5.74, 6) is -0.660. The molecule has 0 aromatic carbocycles. The Hall–Kier alpha value is -1.32. The topological polar surface area (TPSA) is 52.6 Å². The lowest BCUT2D eigenvalue weighted by Crippen LogP contribution is -2.49. The van der Waals surface area contributed by atoms with Gasteiger partial charge in [0.05, 0.1) is 11.8 Å². The maximum Gasteiger partial charge on any atom is 0.309 e. The number of carbonyl (C=O) groups excluding carboxylic acids is 2. The molecule has 1 saturated carbocycles. The maximum atomic E-state index is 12.0. The number of ether oxygens (including phenoxy) is 2. The van der Waals surface area contributed by atoms with E-state index in [9.17, 15) is 9.59 Å². The van der Waals surface area contributed by atoms with E-state index >= 15 is 0 Å². The second-order valence-corrected chi connectivity index (χ2v) is 7.18. The van der Waals surface area contributed by atoms with E-state index in [0.717, 1.165) is 25.7 Å². The van der Waals surface area contributed by atoms with Crippen LogP contribution in [0.2, 0.25) is 0 Å². The average Bonchev–Trinajstić information content (AvgIpc) is 2.62. The van der Waals surface area contributed by atoms with Gasteiger partial charge in [0.15, 0.2) is 0 Å². The highest BCUT2D eigenvalue weighted by Gasteiger charge is 2.57. The summed E-state index contributed by atoms with van der Waals surface area (Å²) < 4.78 is 11.3. The summed E-state index contributed by atoms with van der Waals surface area (Å²) in [6, 6.07) is 0. The molecule has 1 saturated heterocycles. The number of allylic oxidation sites excluding steroid dienone is 1. The van der Waals surface area contributed by atoms with Crippen LogP contribution in [0.4, 0.5) is 0 Å². The fourth-order valence-corrected chi connectivity index (χ4v) is 4.73. The van der Waals surface area contributed by atoms with Crippen molar-refractivity contribution < 1.29 is 19.1 Å². The fraction of sp³-hybridized carbons (Fsp3) is 0.765. The predicted molar refractivity (Wildman–Crippen MR) is 77.4 cm³/mol. The van der Waals surface area contributed by atoms with Gasteiger partial charge in [0, 0.05) is 6.92 Å². The summed E-state index contributed by atoms with van der Waals surface area (Å²) in [7, 11) is 0. The molecular weight excluding hydrogens is 268 g/mol. The molecule has 0 aromatic heterocycles. The highest BCUT2D eigenvalue weighted by molar-refractivity contribution is 5.76. The van der Waals surface area contributed by atoms with Gasteiger partial charge < -0.3 is 9.47 Å². The second-order valence-electron chi connectivity index (χ2n) is 7.18. The Bertz CT molecular complexity index is 521. The normalized spacial score (nSPS) is 42.2. The zero-order valence-corrected chi connectivity index (χ0v) is 13.3. The zero-order chi connectivity index (χ0) is 15.4. The number of hydrogen-bond acceptors (Lipinski definition) is 4. The van der Waals surface area contributed by atoms with Gasteiger partial charge in [0.25, 0.3) is 0 Å². The third-order valence-electron chi connectivity index (χ3n) is 5.62. The minimum atomic E-state index is -0.298. The molecular formula is C17H24O4. The van der Waals surface area contributed by atoms with Crippen LogP contribution in [0, 0.1) is 17.3 Å². The predicted octanol–water partition coefficient (Wildman–Crippen LogP) is 3.01. The van der Waals surface area contributed by atoms with E-state index in [1.54, 1.807) is 0 Å². The van der Waals surface area contributed by atoms with Crippen molar-refractivity contribution >= 4 is 11.9 Å². The van der Waals surface area contributed by atoms with Crippen molar-refractivity contribution in [3.8, 4) is 0 Å². The highest BCUT2D eigenvalue weighted by Crippen LogP contribution is 2.55. The second kappa shape index (κ2) is 4.85. The van der Waals surface area contributed by atoms with Gasteiger partial charge in [-0.25, -0.2) is 0 Å². The molecule has 0 N–H and O–H groups in total. The number of fused-ring (bicyclic) bond motifs is 2. The summed E-state index contributed by atoms with van der Waals surface area (Å²) in [4.78, 5) is 23.6. The van der Waals surface area contributed by atoms with Crippen LogP contribution in [0.3, 0.4) is 0 Å². The molecule has 1 heterocycles. The lowest BCUT2D eigenvalue weighted by molar-refractivity contribution is -0.152. The molecule has 21 heavy (non-hydrogen) atoms. The summed E-state index contributed by atoms with van der Waals surface area (Å²) >= 11 is 0. The molecule has 0 amide bonds. The van der Waals surface area contributed by atoms with Crippen LogP contribution in [0.25, 0.3) is 0 Å². The van der Waals surface area contributed by atoms with Crippen molar-refractivity contribution in [3.05, 3.63) is 11.1 Å². The minimum Gasteiger partial charge on any atom is -0.462 e. The molecule has 3 rings (SSSR count). The number of hydrogen-bond donors (Lipinski definition) is 0. The standard InChI is InChI=1S/C17H24O4/c1-9-6-5-7-17(4)8-12-13(10(2)16(19)21-12)15(14(9)17)20-11(3)18/h10,12-13,15H,5-8H2,1-4H3/t10-,12+,13-,15+,17-/m0/s1. The van der Waals surface area contributed by atoms with E-state index in [1.165, 1.54) is 18.1 Å². The fourth-order valence-electron chi connectivity index (χ4n) is 4.73. The van der Waals surface area contributed by atoms with Crippen molar-refractivity contribution in [2.45, 2.75) is 65.6 Å². The van der Waals surface area contributed by atoms with Gasteiger partial charge in [-0.05, 0) is 43.6 Å². The number of carbonyl (C=O) groups is 2. The van der Waals surface area contributed by atoms with Gasteiger partial charge >= 0.3 is 11.9 Å². The van der Waals surface area contributed by atoms with E-state index in [4.69, 9.17) is 9.47 Å². The Morgan fingerprint density at radius 2 is 2.14 bits per heavy atom. The van der Waals surface area contributed by atoms with Crippen molar-refractivity contribution in [2.75, 3.05) is 0 Å². The van der Waals surface area contributed by atoms with Gasteiger partial charge in [-0.1, -0.05) is 19.4 Å². The molecule has 0 aromatic rings. The van der Waals surface area contributed by atoms with E-state index in [2.05, 4.69) is 13.8 Å². The van der Waals surface area contributed by atoms with Gasteiger partial charge in [0.1, 0.15) is 12.2 Å². The minimum absolute atomic E-state index is 0.00600. The van der Waals surface area contributed by atoms with Gasteiger partial charge in [-0.15, -0.1) is 0 Å². The Kier molecular flexibility index (Phi) is 3.38.